The third-order valence-electron chi connectivity index (χ3n) is 6.09. The van der Waals surface area contributed by atoms with Gasteiger partial charge in [0.25, 0.3) is 0 Å². The lowest BCUT2D eigenvalue weighted by Crippen LogP contribution is -2.18. The molecule has 0 amide bonds. The third kappa shape index (κ3) is 5.18. The molecule has 10 nitrogen and oxygen atoms in total. The van der Waals surface area contributed by atoms with Gasteiger partial charge in [0.1, 0.15) is 11.5 Å². The number of rotatable bonds is 9. The van der Waals surface area contributed by atoms with E-state index in [-0.39, 0.29) is 56.4 Å². The van der Waals surface area contributed by atoms with Gasteiger partial charge in [0.2, 0.25) is 23.1 Å². The van der Waals surface area contributed by atoms with Crippen molar-refractivity contribution in [3.8, 4) is 45.6 Å². The van der Waals surface area contributed by atoms with E-state index in [0.29, 0.717) is 0 Å². The van der Waals surface area contributed by atoms with E-state index in [0.717, 1.165) is 12.1 Å². The predicted octanol–water partition coefficient (Wildman–Crippen LogP) is 4.32. The number of methoxy groups -OCH3 is 2. The lowest BCUT2D eigenvalue weighted by molar-refractivity contribution is 0.0816. The first kappa shape index (κ1) is 27.4. The summed E-state index contributed by atoms with van der Waals surface area (Å²) in [6, 6.07) is 14.3. The van der Waals surface area contributed by atoms with Crippen molar-refractivity contribution < 1.29 is 49.1 Å². The largest absolute Gasteiger partial charge is 0.508 e. The molecule has 4 aromatic carbocycles. The number of phenols is 4. The molecule has 0 bridgehead atoms. The first-order valence-electron chi connectivity index (χ1n) is 11.6. The molecule has 0 atom stereocenters. The van der Waals surface area contributed by atoms with E-state index in [2.05, 4.69) is 0 Å². The van der Waals surface area contributed by atoms with Crippen LogP contribution in [0.1, 0.15) is 41.4 Å². The van der Waals surface area contributed by atoms with Crippen LogP contribution >= 0.6 is 0 Å². The Kier molecular flexibility index (Phi) is 7.53. The number of ketones is 4. The number of hydrogen-bond acceptors (Lipinski definition) is 10. The highest BCUT2D eigenvalue weighted by molar-refractivity contribution is 6.51. The van der Waals surface area contributed by atoms with Crippen molar-refractivity contribution in [2.75, 3.05) is 14.2 Å². The van der Waals surface area contributed by atoms with Crippen LogP contribution in [0.15, 0.2) is 72.8 Å². The van der Waals surface area contributed by atoms with Gasteiger partial charge in [-0.3, -0.25) is 19.2 Å². The van der Waals surface area contributed by atoms with Gasteiger partial charge in [-0.05, 0) is 83.9 Å². The van der Waals surface area contributed by atoms with E-state index in [1.54, 1.807) is 0 Å². The van der Waals surface area contributed by atoms with Gasteiger partial charge in [-0.25, -0.2) is 0 Å². The summed E-state index contributed by atoms with van der Waals surface area (Å²) < 4.78 is 10.4. The molecular weight excluding hydrogens is 520 g/mol. The van der Waals surface area contributed by atoms with Crippen molar-refractivity contribution in [1.82, 2.24) is 0 Å². The van der Waals surface area contributed by atoms with Crippen LogP contribution in [-0.4, -0.2) is 57.8 Å². The van der Waals surface area contributed by atoms with Crippen LogP contribution in [0.25, 0.3) is 11.1 Å². The number of aromatic hydroxyl groups is 4. The molecule has 202 valence electrons. The Hall–Kier alpha value is -5.64. The second-order valence-corrected chi connectivity index (χ2v) is 8.55. The quantitative estimate of drug-likeness (QED) is 0.177. The molecule has 0 fully saturated rings. The number of benzene rings is 4. The van der Waals surface area contributed by atoms with E-state index in [4.69, 9.17) is 9.47 Å². The van der Waals surface area contributed by atoms with Crippen molar-refractivity contribution in [2.24, 2.45) is 0 Å². The Balaban J connectivity index is 1.94. The Morgan fingerprint density at radius 1 is 0.500 bits per heavy atom. The fourth-order valence-electron chi connectivity index (χ4n) is 4.02. The van der Waals surface area contributed by atoms with Crippen LogP contribution in [0.2, 0.25) is 0 Å². The predicted molar refractivity (Wildman–Crippen MR) is 142 cm³/mol. The topological polar surface area (TPSA) is 168 Å². The molecule has 0 saturated heterocycles. The molecule has 4 rings (SSSR count). The zero-order chi connectivity index (χ0) is 29.1. The molecule has 0 aliphatic carbocycles. The van der Waals surface area contributed by atoms with Crippen LogP contribution in [-0.2, 0) is 0 Å². The second-order valence-electron chi connectivity index (χ2n) is 8.55. The number of hydrogen-bond donors (Lipinski definition) is 4. The standard InChI is InChI=1S/C30H22O10/c1-39-25-13-19(21(11-23(25)33)29(37)27(35)15-3-7-17(31)8-4-15)20-14-26(40-2)24(34)12-22(20)30(38)28(36)16-5-9-18(32)10-6-16/h3-14,31-34H,1-2H3. The molecule has 10 heteroatoms. The molecule has 4 aromatic rings. The average molecular weight is 542 g/mol. The van der Waals surface area contributed by atoms with Gasteiger partial charge >= 0.3 is 0 Å². The van der Waals surface area contributed by atoms with Gasteiger partial charge in [-0.2, -0.15) is 0 Å². The number of Topliss-reactive ketones (excluding diaryl/α,β-unsaturated/α-hetero) is 4. The fraction of sp³-hybridized carbons (Fsp3) is 0.0667. The summed E-state index contributed by atoms with van der Waals surface area (Å²) in [5.74, 6) is -5.54. The van der Waals surface area contributed by atoms with Crippen molar-refractivity contribution >= 4 is 23.1 Å². The van der Waals surface area contributed by atoms with Crippen molar-refractivity contribution in [1.29, 1.82) is 0 Å². The number of carbonyl (C=O) groups is 4. The molecule has 0 saturated carbocycles. The number of phenolic OH excluding ortho intramolecular Hbond substituents is 4. The van der Waals surface area contributed by atoms with Gasteiger partial charge in [-0.1, -0.05) is 0 Å². The van der Waals surface area contributed by atoms with Crippen LogP contribution in [0, 0.1) is 0 Å². The first-order chi connectivity index (χ1) is 19.0. The minimum absolute atomic E-state index is 0.0499. The van der Waals surface area contributed by atoms with Crippen molar-refractivity contribution in [3.05, 3.63) is 95.1 Å². The summed E-state index contributed by atoms with van der Waals surface area (Å²) in [4.78, 5) is 53.0. The Morgan fingerprint density at radius 3 is 1.12 bits per heavy atom. The van der Waals surface area contributed by atoms with Gasteiger partial charge in [0.15, 0.2) is 23.0 Å². The molecular formula is C30H22O10. The number of carbonyl (C=O) groups excluding carboxylic acids is 4. The van der Waals surface area contributed by atoms with Gasteiger partial charge in [-0.15, -0.1) is 0 Å². The van der Waals surface area contributed by atoms with Crippen LogP contribution < -0.4 is 9.47 Å². The fourth-order valence-corrected chi connectivity index (χ4v) is 4.02. The molecule has 0 spiro atoms. The molecule has 4 N–H and O–H groups in total. The molecule has 0 aromatic heterocycles. The smallest absolute Gasteiger partial charge is 0.234 e. The highest BCUT2D eigenvalue weighted by Gasteiger charge is 2.29. The van der Waals surface area contributed by atoms with Gasteiger partial charge in [0.05, 0.1) is 14.2 Å². The van der Waals surface area contributed by atoms with Gasteiger partial charge in [0, 0.05) is 22.3 Å². The summed E-state index contributed by atoms with van der Waals surface area (Å²) in [5.41, 5.74) is -0.929. The zero-order valence-corrected chi connectivity index (χ0v) is 21.2. The summed E-state index contributed by atoms with van der Waals surface area (Å²) in [7, 11) is 2.50. The lowest BCUT2D eigenvalue weighted by Gasteiger charge is -2.17. The van der Waals surface area contributed by atoms with Crippen molar-refractivity contribution in [3.63, 3.8) is 0 Å². The summed E-state index contributed by atoms with van der Waals surface area (Å²) in [6.07, 6.45) is 0. The highest BCUT2D eigenvalue weighted by atomic mass is 16.5. The van der Waals surface area contributed by atoms with E-state index in [1.165, 1.54) is 74.9 Å². The maximum Gasteiger partial charge on any atom is 0.234 e. The minimum atomic E-state index is -1.08. The van der Waals surface area contributed by atoms with E-state index in [9.17, 15) is 39.6 Å². The Labute approximate surface area is 227 Å². The van der Waals surface area contributed by atoms with Crippen molar-refractivity contribution in [2.45, 2.75) is 0 Å². The third-order valence-corrected chi connectivity index (χ3v) is 6.09. The zero-order valence-electron chi connectivity index (χ0n) is 21.2. The molecule has 0 radical (unpaired) electrons. The molecule has 40 heavy (non-hydrogen) atoms. The Bertz CT molecular complexity index is 1530. The van der Waals surface area contributed by atoms with Crippen LogP contribution in [0.3, 0.4) is 0 Å². The van der Waals surface area contributed by atoms with E-state index in [1.807, 2.05) is 0 Å². The Morgan fingerprint density at radius 2 is 0.825 bits per heavy atom. The molecule has 0 aliphatic rings. The van der Waals surface area contributed by atoms with Gasteiger partial charge < -0.3 is 29.9 Å². The lowest BCUT2D eigenvalue weighted by atomic mass is 9.87. The monoisotopic (exact) mass is 542 g/mol. The normalized spacial score (nSPS) is 10.6. The highest BCUT2D eigenvalue weighted by Crippen LogP contribution is 2.41. The summed E-state index contributed by atoms with van der Waals surface area (Å²) in [5, 5.41) is 40.0. The SMILES string of the molecule is COc1cc(-c2cc(OC)c(O)cc2C(=O)C(=O)c2ccc(O)cc2)c(C(=O)C(=O)c2ccc(O)cc2)cc1O. The second kappa shape index (κ2) is 11.0. The summed E-state index contributed by atoms with van der Waals surface area (Å²) >= 11 is 0. The van der Waals surface area contributed by atoms with Crippen LogP contribution in [0.5, 0.6) is 34.5 Å². The van der Waals surface area contributed by atoms with Crippen LogP contribution in [0.4, 0.5) is 0 Å². The first-order valence-corrected chi connectivity index (χ1v) is 11.6. The molecule has 0 heterocycles. The average Bonchev–Trinajstić information content (AvgIpc) is 2.96. The van der Waals surface area contributed by atoms with E-state index >= 15 is 0 Å². The maximum absolute atomic E-state index is 13.4. The maximum atomic E-state index is 13.4. The molecule has 0 unspecified atom stereocenters. The summed E-state index contributed by atoms with van der Waals surface area (Å²) in [6.45, 7) is 0. The minimum Gasteiger partial charge on any atom is -0.508 e. The molecule has 0 aliphatic heterocycles. The number of ether oxygens (including phenoxy) is 2. The van der Waals surface area contributed by atoms with E-state index < -0.39 is 34.6 Å².